The lowest BCUT2D eigenvalue weighted by atomic mass is 9.86. The Kier molecular flexibility index (Phi) is 12.4. The molecular weight excluding hydrogens is 759 g/mol. The van der Waals surface area contributed by atoms with Crippen molar-refractivity contribution in [2.75, 3.05) is 49.6 Å². The summed E-state index contributed by atoms with van der Waals surface area (Å²) in [5.41, 5.74) is 2.02. The van der Waals surface area contributed by atoms with Gasteiger partial charge in [-0.05, 0) is 73.3 Å². The maximum absolute atomic E-state index is 13.6. The van der Waals surface area contributed by atoms with Gasteiger partial charge >= 0.3 is 11.9 Å². The van der Waals surface area contributed by atoms with E-state index in [4.69, 9.17) is 42.1 Å². The van der Waals surface area contributed by atoms with E-state index in [1.54, 1.807) is 30.3 Å². The molecule has 1 aromatic heterocycles. The number of rotatable bonds is 15. The molecule has 4 aromatic rings. The molecule has 2 bridgehead atoms. The highest BCUT2D eigenvalue weighted by Gasteiger charge is 2.38. The number of fused-ring (bicyclic) bond motifs is 3. The fourth-order valence-corrected chi connectivity index (χ4v) is 8.31. The molecule has 3 fully saturated rings. The molecule has 3 aliphatic heterocycles. The molecule has 54 heavy (non-hydrogen) atoms. The van der Waals surface area contributed by atoms with Gasteiger partial charge in [0.25, 0.3) is 0 Å². The number of carbonyl (C=O) groups excluding carboxylic acids is 2. The van der Waals surface area contributed by atoms with Crippen LogP contribution in [0, 0.1) is 11.1 Å². The molecule has 0 saturated carbocycles. The molecule has 3 atom stereocenters. The topological polar surface area (TPSA) is 159 Å². The third kappa shape index (κ3) is 9.66. The molecule has 2 unspecified atom stereocenters. The second-order valence-corrected chi connectivity index (χ2v) is 15.7. The fourth-order valence-electron chi connectivity index (χ4n) is 6.78. The molecule has 0 spiro atoms. The lowest BCUT2D eigenvalue weighted by Gasteiger charge is -2.44. The summed E-state index contributed by atoms with van der Waals surface area (Å²) in [6.45, 7) is 2.74. The zero-order chi connectivity index (χ0) is 38.4. The van der Waals surface area contributed by atoms with Crippen molar-refractivity contribution in [3.63, 3.8) is 0 Å². The van der Waals surface area contributed by atoms with Gasteiger partial charge in [0.1, 0.15) is 22.3 Å². The maximum atomic E-state index is 13.6. The van der Waals surface area contributed by atoms with Crippen LogP contribution in [0.15, 0.2) is 85.2 Å². The summed E-state index contributed by atoms with van der Waals surface area (Å²) in [6.07, 6.45) is 2.83. The lowest BCUT2D eigenvalue weighted by Crippen LogP contribution is -2.52. The van der Waals surface area contributed by atoms with Crippen molar-refractivity contribution in [1.82, 2.24) is 4.90 Å². The van der Waals surface area contributed by atoms with Gasteiger partial charge in [-0.25, -0.2) is 13.2 Å². The predicted molar refractivity (Wildman–Crippen MR) is 203 cm³/mol. The number of anilines is 2. The molecule has 3 aliphatic rings. The van der Waals surface area contributed by atoms with E-state index >= 15 is 0 Å². The third-order valence-electron chi connectivity index (χ3n) is 9.49. The number of sulfonamides is 1. The third-order valence-corrected chi connectivity index (χ3v) is 11.3. The molecule has 7 rings (SSSR count). The van der Waals surface area contributed by atoms with Gasteiger partial charge in [0, 0.05) is 24.2 Å². The number of esters is 2. The molecule has 16 heteroatoms. The minimum atomic E-state index is -4.31. The van der Waals surface area contributed by atoms with E-state index in [1.807, 2.05) is 30.3 Å². The summed E-state index contributed by atoms with van der Waals surface area (Å²) in [5.74, 6) is -1.46. The van der Waals surface area contributed by atoms with Gasteiger partial charge in [0.05, 0.1) is 19.9 Å². The highest BCUT2D eigenvalue weighted by atomic mass is 35.5. The van der Waals surface area contributed by atoms with Crippen molar-refractivity contribution in [3.8, 4) is 11.5 Å². The molecule has 4 heterocycles. The highest BCUT2D eigenvalue weighted by Crippen LogP contribution is 2.36. The number of nitrogens with one attached hydrogen (secondary N) is 2. The van der Waals surface area contributed by atoms with Gasteiger partial charge in [-0.15, -0.1) is 0 Å². The SMILES string of the molecule is COc1ccc(C(Cc2c(Cl)c[n+]([O-])cc2Cl)OC(=O)CS(=O)(=O)Nc2cccc(NC(C(=O)O[C@H]3CN4CCC3CC4)c3ccccc3)c2)cc1OC. The Balaban J connectivity index is 1.16. The Morgan fingerprint density at radius 1 is 0.907 bits per heavy atom. The van der Waals surface area contributed by atoms with Crippen LogP contribution in [0.25, 0.3) is 0 Å². The zero-order valence-corrected chi connectivity index (χ0v) is 31.9. The minimum Gasteiger partial charge on any atom is -0.619 e. The highest BCUT2D eigenvalue weighted by molar-refractivity contribution is 7.93. The summed E-state index contributed by atoms with van der Waals surface area (Å²) in [7, 11) is -1.40. The summed E-state index contributed by atoms with van der Waals surface area (Å²) in [5, 5.41) is 15.1. The number of benzene rings is 3. The van der Waals surface area contributed by atoms with Crippen molar-refractivity contribution in [3.05, 3.63) is 117 Å². The van der Waals surface area contributed by atoms with E-state index in [9.17, 15) is 23.2 Å². The van der Waals surface area contributed by atoms with Crippen LogP contribution in [0.3, 0.4) is 0 Å². The molecule has 13 nitrogen and oxygen atoms in total. The fraction of sp³-hybridized carbons (Fsp3) is 0.342. The lowest BCUT2D eigenvalue weighted by molar-refractivity contribution is -0.605. The Morgan fingerprint density at radius 3 is 2.24 bits per heavy atom. The number of piperidine rings is 3. The Labute approximate surface area is 323 Å². The summed E-state index contributed by atoms with van der Waals surface area (Å²) in [4.78, 5) is 29.2. The van der Waals surface area contributed by atoms with Crippen LogP contribution in [0.1, 0.15) is 41.7 Å². The number of carbonyl (C=O) groups is 2. The number of hydrogen-bond donors (Lipinski definition) is 2. The number of pyridine rings is 1. The first kappa shape index (κ1) is 38.9. The maximum Gasteiger partial charge on any atom is 0.333 e. The van der Waals surface area contributed by atoms with Crippen molar-refractivity contribution >= 4 is 56.5 Å². The first-order valence-electron chi connectivity index (χ1n) is 17.2. The Morgan fingerprint density at radius 2 is 1.59 bits per heavy atom. The number of ether oxygens (including phenoxy) is 4. The first-order valence-corrected chi connectivity index (χ1v) is 19.6. The van der Waals surface area contributed by atoms with Gasteiger partial charge in [0.15, 0.2) is 35.7 Å². The van der Waals surface area contributed by atoms with Crippen molar-refractivity contribution < 1.29 is 41.7 Å². The zero-order valence-electron chi connectivity index (χ0n) is 29.6. The first-order chi connectivity index (χ1) is 25.9. The van der Waals surface area contributed by atoms with Crippen molar-refractivity contribution in [2.24, 2.45) is 5.92 Å². The largest absolute Gasteiger partial charge is 0.619 e. The number of halogens is 2. The van der Waals surface area contributed by atoms with E-state index in [-0.39, 0.29) is 28.3 Å². The number of nitrogens with zero attached hydrogens (tertiary/aromatic N) is 2. The molecule has 3 saturated heterocycles. The van der Waals surface area contributed by atoms with Gasteiger partial charge < -0.3 is 29.5 Å². The Bertz CT molecular complexity index is 2060. The van der Waals surface area contributed by atoms with E-state index in [0.717, 1.165) is 38.3 Å². The standard InChI is InChI=1S/C38H40Cl2N4O9S/c1-50-32-12-11-26(17-34(32)51-2)33(19-29-30(39)20-44(47)21-31(29)40)52-36(45)23-54(48,49)42-28-10-6-9-27(18-28)41-37(25-7-4-3-5-8-25)38(46)53-35-22-43-15-13-24(35)14-16-43/h3-12,17-18,20-21,24,33,35,37,41-42H,13-16,19,22-23H2,1-2H3/t33?,35-,37?/m0/s1. The van der Waals surface area contributed by atoms with E-state index in [0.29, 0.717) is 51.1 Å². The van der Waals surface area contributed by atoms with E-state index < -0.39 is 39.9 Å². The molecule has 0 radical (unpaired) electrons. The molecule has 0 amide bonds. The van der Waals surface area contributed by atoms with Gasteiger partial charge in [-0.1, -0.05) is 65.7 Å². The van der Waals surface area contributed by atoms with Crippen LogP contribution in [0.2, 0.25) is 10.0 Å². The number of aromatic nitrogens is 1. The quantitative estimate of drug-likeness (QED) is 0.0863. The average molecular weight is 800 g/mol. The van der Waals surface area contributed by atoms with Crippen LogP contribution in [-0.4, -0.2) is 71.0 Å². The van der Waals surface area contributed by atoms with Crippen molar-refractivity contribution in [2.45, 2.75) is 37.5 Å². The molecule has 286 valence electrons. The van der Waals surface area contributed by atoms with Crippen LogP contribution in [0.4, 0.5) is 11.4 Å². The van der Waals surface area contributed by atoms with Crippen LogP contribution in [-0.2, 0) is 35.5 Å². The van der Waals surface area contributed by atoms with Gasteiger partial charge in [-0.2, -0.15) is 4.73 Å². The normalized spacial score (nSPS) is 18.9. The second-order valence-electron chi connectivity index (χ2n) is 13.1. The van der Waals surface area contributed by atoms with Crippen LogP contribution in [0.5, 0.6) is 11.5 Å². The van der Waals surface area contributed by atoms with Crippen LogP contribution >= 0.6 is 23.2 Å². The molecule has 3 aromatic carbocycles. The molecule has 2 N–H and O–H groups in total. The summed E-state index contributed by atoms with van der Waals surface area (Å²) >= 11 is 12.7. The van der Waals surface area contributed by atoms with Crippen molar-refractivity contribution in [1.29, 1.82) is 0 Å². The second kappa shape index (κ2) is 17.1. The average Bonchev–Trinajstić information content (AvgIpc) is 3.15. The molecule has 0 aliphatic carbocycles. The summed E-state index contributed by atoms with van der Waals surface area (Å²) in [6, 6.07) is 19.5. The summed E-state index contributed by atoms with van der Waals surface area (Å²) < 4.78 is 52.1. The predicted octanol–water partition coefficient (Wildman–Crippen LogP) is 5.70. The van der Waals surface area contributed by atoms with E-state index in [2.05, 4.69) is 14.9 Å². The molecular formula is C38H40Cl2N4O9S. The van der Waals surface area contributed by atoms with Crippen LogP contribution < -0.4 is 24.2 Å². The minimum absolute atomic E-state index is 0.0311. The van der Waals surface area contributed by atoms with E-state index in [1.165, 1.54) is 26.4 Å². The number of methoxy groups -OCH3 is 2. The monoisotopic (exact) mass is 798 g/mol. The smallest absolute Gasteiger partial charge is 0.333 e. The van der Waals surface area contributed by atoms with Gasteiger partial charge in [0.2, 0.25) is 10.0 Å². The van der Waals surface area contributed by atoms with Gasteiger partial charge in [-0.3, -0.25) is 14.4 Å². The Hall–Kier alpha value is -4.76. The number of hydrogen-bond acceptors (Lipinski definition) is 11.